The van der Waals surface area contributed by atoms with Crippen LogP contribution < -0.4 is 10.6 Å². The molecule has 2 N–H and O–H groups in total. The molecular weight excluding hydrogens is 313 g/mol. The van der Waals surface area contributed by atoms with E-state index in [1.165, 1.54) is 0 Å². The summed E-state index contributed by atoms with van der Waals surface area (Å²) in [5.41, 5.74) is 1.87. The number of hydrogen-bond acceptors (Lipinski definition) is 4. The van der Waals surface area contributed by atoms with E-state index in [1.54, 1.807) is 30.2 Å². The van der Waals surface area contributed by atoms with Crippen LogP contribution in [-0.4, -0.2) is 27.7 Å². The van der Waals surface area contributed by atoms with E-state index in [0.717, 1.165) is 11.1 Å². The molecule has 2 heterocycles. The van der Waals surface area contributed by atoms with Crippen LogP contribution in [0, 0.1) is 6.92 Å². The summed E-state index contributed by atoms with van der Waals surface area (Å²) in [7, 11) is 3.55. The van der Waals surface area contributed by atoms with E-state index < -0.39 is 6.04 Å². The van der Waals surface area contributed by atoms with Crippen molar-refractivity contribution in [3.8, 4) is 0 Å². The average Bonchev–Trinajstić information content (AvgIpc) is 2.80. The Labute approximate surface area is 136 Å². The van der Waals surface area contributed by atoms with Crippen LogP contribution in [0.1, 0.15) is 17.2 Å². The third-order valence-electron chi connectivity index (χ3n) is 2.77. The highest BCUT2D eigenvalue weighted by atomic mass is 35.5. The third kappa shape index (κ3) is 5.00. The molecular formula is C13H19Cl2N5O. The van der Waals surface area contributed by atoms with Crippen LogP contribution in [0.2, 0.25) is 0 Å². The van der Waals surface area contributed by atoms with Crippen LogP contribution in [0.15, 0.2) is 30.7 Å². The second-order valence-electron chi connectivity index (χ2n) is 4.38. The Hall–Kier alpha value is -1.63. The molecule has 0 bridgehead atoms. The minimum atomic E-state index is -0.447. The van der Waals surface area contributed by atoms with Gasteiger partial charge in [0.2, 0.25) is 5.91 Å². The van der Waals surface area contributed by atoms with Gasteiger partial charge >= 0.3 is 0 Å². The van der Waals surface area contributed by atoms with Crippen molar-refractivity contribution < 1.29 is 4.79 Å². The first kappa shape index (κ1) is 19.4. The number of likely N-dealkylation sites (N-methyl/N-ethyl adjacent to an activating group) is 1. The van der Waals surface area contributed by atoms with Crippen LogP contribution in [0.25, 0.3) is 0 Å². The molecule has 2 aromatic heterocycles. The molecule has 0 radical (unpaired) electrons. The number of aromatic nitrogens is 3. The Bertz CT molecular complexity index is 570. The van der Waals surface area contributed by atoms with E-state index in [0.29, 0.717) is 5.82 Å². The molecule has 1 amide bonds. The zero-order valence-corrected chi connectivity index (χ0v) is 13.7. The van der Waals surface area contributed by atoms with Gasteiger partial charge in [0.1, 0.15) is 11.9 Å². The zero-order chi connectivity index (χ0) is 13.8. The summed E-state index contributed by atoms with van der Waals surface area (Å²) in [6.07, 6.45) is 5.20. The van der Waals surface area contributed by atoms with Gasteiger partial charge < -0.3 is 10.6 Å². The predicted molar refractivity (Wildman–Crippen MR) is 87.1 cm³/mol. The number of nitrogens with one attached hydrogen (secondary N) is 2. The summed E-state index contributed by atoms with van der Waals surface area (Å²) in [6.45, 7) is 1.95. The Morgan fingerprint density at radius 3 is 2.48 bits per heavy atom. The van der Waals surface area contributed by atoms with Gasteiger partial charge in [-0.15, -0.1) is 24.8 Å². The maximum Gasteiger partial charge on any atom is 0.247 e. The Morgan fingerprint density at radius 1 is 1.29 bits per heavy atom. The monoisotopic (exact) mass is 331 g/mol. The topological polar surface area (TPSA) is 71.8 Å². The zero-order valence-electron chi connectivity index (χ0n) is 12.0. The summed E-state index contributed by atoms with van der Waals surface area (Å²) in [6, 6.07) is 3.24. The molecule has 1 unspecified atom stereocenters. The van der Waals surface area contributed by atoms with Gasteiger partial charge in [0.15, 0.2) is 0 Å². The first-order valence-corrected chi connectivity index (χ1v) is 5.99. The van der Waals surface area contributed by atoms with Gasteiger partial charge in [-0.1, -0.05) is 6.07 Å². The molecule has 0 aliphatic rings. The molecule has 0 spiro atoms. The van der Waals surface area contributed by atoms with E-state index >= 15 is 0 Å². The molecule has 0 saturated heterocycles. The first-order valence-electron chi connectivity index (χ1n) is 5.99. The summed E-state index contributed by atoms with van der Waals surface area (Å²) in [4.78, 5) is 16.3. The van der Waals surface area contributed by atoms with E-state index in [4.69, 9.17) is 0 Å². The molecule has 0 fully saturated rings. The Kier molecular flexibility index (Phi) is 7.94. The second-order valence-corrected chi connectivity index (χ2v) is 4.38. The summed E-state index contributed by atoms with van der Waals surface area (Å²) >= 11 is 0. The number of nitrogens with zero attached hydrogens (tertiary/aromatic N) is 3. The quantitative estimate of drug-likeness (QED) is 0.897. The van der Waals surface area contributed by atoms with Crippen molar-refractivity contribution in [2.45, 2.75) is 13.0 Å². The van der Waals surface area contributed by atoms with Gasteiger partial charge in [-0.25, -0.2) is 4.98 Å². The van der Waals surface area contributed by atoms with Crippen molar-refractivity contribution in [1.29, 1.82) is 0 Å². The number of anilines is 1. The van der Waals surface area contributed by atoms with Crippen LogP contribution >= 0.6 is 24.8 Å². The number of amides is 1. The highest BCUT2D eigenvalue weighted by Gasteiger charge is 2.20. The standard InChI is InChI=1S/C13H17N5O.2ClH/c1-9-4-5-11(15-6-9)17-13(19)12(14-2)10-7-16-18(3)8-10;;/h4-8,12,14H,1-3H3,(H,15,17,19);2*1H. The highest BCUT2D eigenvalue weighted by Crippen LogP contribution is 2.14. The SMILES string of the molecule is CNC(C(=O)Nc1ccc(C)cn1)c1cnn(C)c1.Cl.Cl. The van der Waals surface area contributed by atoms with Crippen molar-refractivity contribution in [1.82, 2.24) is 20.1 Å². The average molecular weight is 332 g/mol. The number of carbonyl (C=O) groups excluding carboxylic acids is 1. The number of hydrogen-bond donors (Lipinski definition) is 2. The number of aryl methyl sites for hydroxylation is 2. The molecule has 0 saturated carbocycles. The van der Waals surface area contributed by atoms with E-state index in [1.807, 2.05) is 26.2 Å². The molecule has 0 aliphatic carbocycles. The maximum absolute atomic E-state index is 12.2. The fraction of sp³-hybridized carbons (Fsp3) is 0.308. The minimum absolute atomic E-state index is 0. The Morgan fingerprint density at radius 2 is 2.00 bits per heavy atom. The van der Waals surface area contributed by atoms with Gasteiger partial charge in [0, 0.05) is 25.0 Å². The fourth-order valence-electron chi connectivity index (χ4n) is 1.78. The number of halogens is 2. The van der Waals surface area contributed by atoms with Gasteiger partial charge in [-0.05, 0) is 25.6 Å². The normalized spacial score (nSPS) is 11.0. The van der Waals surface area contributed by atoms with Gasteiger partial charge in [-0.2, -0.15) is 5.10 Å². The fourth-order valence-corrected chi connectivity index (χ4v) is 1.78. The molecule has 0 aliphatic heterocycles. The largest absolute Gasteiger partial charge is 0.309 e. The van der Waals surface area contributed by atoms with Crippen molar-refractivity contribution in [2.75, 3.05) is 12.4 Å². The van der Waals surface area contributed by atoms with E-state index in [9.17, 15) is 4.79 Å². The highest BCUT2D eigenvalue weighted by molar-refractivity contribution is 5.94. The van der Waals surface area contributed by atoms with Crippen molar-refractivity contribution in [2.24, 2.45) is 7.05 Å². The molecule has 116 valence electrons. The molecule has 2 aromatic rings. The lowest BCUT2D eigenvalue weighted by Gasteiger charge is -2.14. The van der Waals surface area contributed by atoms with Gasteiger partial charge in [-0.3, -0.25) is 9.48 Å². The summed E-state index contributed by atoms with van der Waals surface area (Å²) < 4.78 is 1.66. The van der Waals surface area contributed by atoms with E-state index in [-0.39, 0.29) is 30.7 Å². The smallest absolute Gasteiger partial charge is 0.247 e. The van der Waals surface area contributed by atoms with Gasteiger partial charge in [0.25, 0.3) is 0 Å². The molecule has 21 heavy (non-hydrogen) atoms. The Balaban J connectivity index is 0.00000200. The van der Waals surface area contributed by atoms with Crippen molar-refractivity contribution in [3.05, 3.63) is 41.9 Å². The first-order chi connectivity index (χ1) is 9.10. The molecule has 6 nitrogen and oxygen atoms in total. The maximum atomic E-state index is 12.2. The van der Waals surface area contributed by atoms with E-state index in [2.05, 4.69) is 20.7 Å². The number of rotatable bonds is 4. The number of carbonyl (C=O) groups is 1. The van der Waals surface area contributed by atoms with Crippen LogP contribution in [0.5, 0.6) is 0 Å². The summed E-state index contributed by atoms with van der Waals surface area (Å²) in [5, 5.41) is 9.82. The molecule has 2 rings (SSSR count). The van der Waals surface area contributed by atoms with Gasteiger partial charge in [0.05, 0.1) is 6.20 Å². The second kappa shape index (κ2) is 8.61. The summed E-state index contributed by atoms with van der Waals surface area (Å²) in [5.74, 6) is 0.381. The number of pyridine rings is 1. The van der Waals surface area contributed by atoms with Crippen LogP contribution in [-0.2, 0) is 11.8 Å². The van der Waals surface area contributed by atoms with Crippen molar-refractivity contribution >= 4 is 36.5 Å². The lowest BCUT2D eigenvalue weighted by molar-refractivity contribution is -0.118. The molecule has 0 aromatic carbocycles. The van der Waals surface area contributed by atoms with Crippen molar-refractivity contribution in [3.63, 3.8) is 0 Å². The van der Waals surface area contributed by atoms with Crippen LogP contribution in [0.3, 0.4) is 0 Å². The lowest BCUT2D eigenvalue weighted by Crippen LogP contribution is -2.30. The van der Waals surface area contributed by atoms with Crippen LogP contribution in [0.4, 0.5) is 5.82 Å². The lowest BCUT2D eigenvalue weighted by atomic mass is 10.1. The minimum Gasteiger partial charge on any atom is -0.309 e. The third-order valence-corrected chi connectivity index (χ3v) is 2.77. The molecule has 8 heteroatoms. The predicted octanol–water partition coefficient (Wildman–Crippen LogP) is 1.87. The molecule has 1 atom stereocenters.